The molecule has 0 saturated heterocycles. The predicted molar refractivity (Wildman–Crippen MR) is 104 cm³/mol. The molecule has 0 aliphatic heterocycles. The Balaban J connectivity index is 2.00. The van der Waals surface area contributed by atoms with Gasteiger partial charge in [0.25, 0.3) is 0 Å². The topological polar surface area (TPSA) is 75.7 Å². The summed E-state index contributed by atoms with van der Waals surface area (Å²) >= 11 is 6.09. The second-order valence-electron chi connectivity index (χ2n) is 6.52. The molecule has 0 spiro atoms. The van der Waals surface area contributed by atoms with E-state index in [1.54, 1.807) is 0 Å². The minimum absolute atomic E-state index is 0.0172. The van der Waals surface area contributed by atoms with Crippen LogP contribution >= 0.6 is 11.6 Å². The van der Waals surface area contributed by atoms with Crippen molar-refractivity contribution < 1.29 is 22.3 Å². The van der Waals surface area contributed by atoms with Crippen molar-refractivity contribution >= 4 is 33.2 Å². The molecule has 0 heterocycles. The van der Waals surface area contributed by atoms with Crippen LogP contribution in [0.2, 0.25) is 5.02 Å². The van der Waals surface area contributed by atoms with E-state index in [1.807, 2.05) is 0 Å². The quantitative estimate of drug-likeness (QED) is 0.730. The monoisotopic (exact) mass is 426 g/mol. The molecule has 9 heteroatoms. The molecule has 1 aliphatic rings. The number of sulfonamides is 1. The maximum Gasteiger partial charge on any atom is 0.243 e. The minimum Gasteiger partial charge on any atom is -0.495 e. The lowest BCUT2D eigenvalue weighted by atomic mass is 10.2. The summed E-state index contributed by atoms with van der Waals surface area (Å²) in [6.45, 7) is 1.15. The number of benzene rings is 2. The fourth-order valence-corrected chi connectivity index (χ4v) is 4.79. The first kappa shape index (κ1) is 20.6. The Morgan fingerprint density at radius 3 is 2.61 bits per heavy atom. The van der Waals surface area contributed by atoms with Crippen LogP contribution in [0.1, 0.15) is 25.3 Å². The molecule has 0 atom stereocenters. The number of hydrogen-bond acceptors (Lipinski definition) is 4. The molecule has 1 aliphatic carbocycles. The number of methoxy groups -OCH3 is 1. The number of anilines is 1. The number of nitrogens with zero attached hydrogens (tertiary/aromatic N) is 1. The smallest absolute Gasteiger partial charge is 0.243 e. The first-order valence-electron chi connectivity index (χ1n) is 8.64. The summed E-state index contributed by atoms with van der Waals surface area (Å²) in [5.41, 5.74) is 0.381. The van der Waals surface area contributed by atoms with Gasteiger partial charge >= 0.3 is 0 Å². The second kappa shape index (κ2) is 8.06. The molecule has 0 aromatic heterocycles. The third-order valence-electron chi connectivity index (χ3n) is 4.42. The number of amides is 1. The highest BCUT2D eigenvalue weighted by atomic mass is 35.5. The molecule has 1 saturated carbocycles. The van der Waals surface area contributed by atoms with Crippen molar-refractivity contribution in [3.63, 3.8) is 0 Å². The van der Waals surface area contributed by atoms with E-state index in [1.165, 1.54) is 54.7 Å². The van der Waals surface area contributed by atoms with Crippen molar-refractivity contribution in [2.45, 2.75) is 37.2 Å². The van der Waals surface area contributed by atoms with Crippen LogP contribution < -0.4 is 10.1 Å². The van der Waals surface area contributed by atoms with E-state index >= 15 is 0 Å². The molecule has 150 valence electrons. The Kier molecular flexibility index (Phi) is 5.92. The second-order valence-corrected chi connectivity index (χ2v) is 8.82. The summed E-state index contributed by atoms with van der Waals surface area (Å²) in [4.78, 5) is 11.4. The molecule has 2 aromatic rings. The van der Waals surface area contributed by atoms with E-state index in [4.69, 9.17) is 16.3 Å². The van der Waals surface area contributed by atoms with Gasteiger partial charge in [0.15, 0.2) is 0 Å². The van der Waals surface area contributed by atoms with Gasteiger partial charge in [-0.05, 0) is 43.2 Å². The highest BCUT2D eigenvalue weighted by Crippen LogP contribution is 2.37. The van der Waals surface area contributed by atoms with Gasteiger partial charge in [-0.1, -0.05) is 17.7 Å². The first-order chi connectivity index (χ1) is 13.2. The van der Waals surface area contributed by atoms with Gasteiger partial charge in [0.2, 0.25) is 15.9 Å². The van der Waals surface area contributed by atoms with Crippen LogP contribution in [0.25, 0.3) is 0 Å². The van der Waals surface area contributed by atoms with E-state index < -0.39 is 15.8 Å². The maximum absolute atomic E-state index is 14.2. The molecule has 28 heavy (non-hydrogen) atoms. The number of carbonyl (C=O) groups excluding carboxylic acids is 1. The molecule has 0 radical (unpaired) electrons. The van der Waals surface area contributed by atoms with E-state index in [2.05, 4.69) is 5.32 Å². The zero-order chi connectivity index (χ0) is 20.5. The standard InChI is InChI=1S/C19H20ClFN2O4S/c1-12(24)22-18-10-14(8-9-19(18)27-2)28(25,26)23(13-6-7-13)11-15-16(20)4-3-5-17(15)21/h3-5,8-10,13H,6-7,11H2,1-2H3,(H,22,24). The highest BCUT2D eigenvalue weighted by molar-refractivity contribution is 7.89. The molecule has 0 unspecified atom stereocenters. The van der Waals surface area contributed by atoms with Gasteiger partial charge in [-0.3, -0.25) is 4.79 Å². The molecule has 3 rings (SSSR count). The molecule has 1 amide bonds. The van der Waals surface area contributed by atoms with Crippen LogP contribution in [-0.2, 0) is 21.4 Å². The fraction of sp³-hybridized carbons (Fsp3) is 0.316. The number of halogens is 2. The average Bonchev–Trinajstić information content (AvgIpc) is 3.45. The lowest BCUT2D eigenvalue weighted by molar-refractivity contribution is -0.114. The first-order valence-corrected chi connectivity index (χ1v) is 10.5. The normalized spacial score (nSPS) is 14.2. The molecule has 2 aromatic carbocycles. The van der Waals surface area contributed by atoms with Crippen molar-refractivity contribution in [3.05, 3.63) is 52.8 Å². The fourth-order valence-electron chi connectivity index (χ4n) is 2.88. The molecular formula is C19H20ClFN2O4S. The van der Waals surface area contributed by atoms with Crippen molar-refractivity contribution in [1.82, 2.24) is 4.31 Å². The van der Waals surface area contributed by atoms with Crippen molar-refractivity contribution in [1.29, 1.82) is 0 Å². The van der Waals surface area contributed by atoms with Gasteiger partial charge in [0, 0.05) is 30.1 Å². The molecule has 1 N–H and O–H groups in total. The van der Waals surface area contributed by atoms with Crippen molar-refractivity contribution in [3.8, 4) is 5.75 Å². The Morgan fingerprint density at radius 1 is 1.32 bits per heavy atom. The molecule has 6 nitrogen and oxygen atoms in total. The van der Waals surface area contributed by atoms with E-state index in [0.717, 1.165) is 0 Å². The Hall–Kier alpha value is -2.16. The summed E-state index contributed by atoms with van der Waals surface area (Å²) in [6.07, 6.45) is 1.39. The van der Waals surface area contributed by atoms with E-state index in [9.17, 15) is 17.6 Å². The summed E-state index contributed by atoms with van der Waals surface area (Å²) in [6, 6.07) is 8.25. The number of hydrogen-bond donors (Lipinski definition) is 1. The summed E-state index contributed by atoms with van der Waals surface area (Å²) in [5.74, 6) is -0.573. The van der Waals surface area contributed by atoms with Crippen LogP contribution in [-0.4, -0.2) is 31.8 Å². The molecule has 0 bridgehead atoms. The third kappa shape index (κ3) is 4.29. The van der Waals surface area contributed by atoms with Gasteiger partial charge in [-0.15, -0.1) is 0 Å². The Morgan fingerprint density at radius 2 is 2.04 bits per heavy atom. The van der Waals surface area contributed by atoms with Gasteiger partial charge in [-0.2, -0.15) is 4.31 Å². The van der Waals surface area contributed by atoms with Gasteiger partial charge in [0.05, 0.1) is 17.7 Å². The van der Waals surface area contributed by atoms with Crippen LogP contribution in [0, 0.1) is 5.82 Å². The van der Waals surface area contributed by atoms with Crippen molar-refractivity contribution in [2.75, 3.05) is 12.4 Å². The third-order valence-corrected chi connectivity index (χ3v) is 6.67. The van der Waals surface area contributed by atoms with Gasteiger partial charge in [-0.25, -0.2) is 12.8 Å². The maximum atomic E-state index is 14.2. The van der Waals surface area contributed by atoms with E-state index in [-0.39, 0.29) is 39.7 Å². The number of ether oxygens (including phenoxy) is 1. The highest BCUT2D eigenvalue weighted by Gasteiger charge is 2.39. The summed E-state index contributed by atoms with van der Waals surface area (Å²) in [5, 5.41) is 2.74. The lowest BCUT2D eigenvalue weighted by Crippen LogP contribution is -2.33. The molecule has 1 fully saturated rings. The van der Waals surface area contributed by atoms with Gasteiger partial charge < -0.3 is 10.1 Å². The lowest BCUT2D eigenvalue weighted by Gasteiger charge is -2.23. The average molecular weight is 427 g/mol. The number of carbonyl (C=O) groups is 1. The number of nitrogens with one attached hydrogen (secondary N) is 1. The Labute approximate surface area is 168 Å². The van der Waals surface area contributed by atoms with Crippen LogP contribution in [0.5, 0.6) is 5.75 Å². The number of rotatable bonds is 7. The largest absolute Gasteiger partial charge is 0.495 e. The minimum atomic E-state index is -3.95. The predicted octanol–water partition coefficient (Wildman–Crippen LogP) is 3.80. The Bertz CT molecular complexity index is 989. The summed E-state index contributed by atoms with van der Waals surface area (Å²) < 4.78 is 47.2. The summed E-state index contributed by atoms with van der Waals surface area (Å²) in [7, 11) is -2.53. The zero-order valence-electron chi connectivity index (χ0n) is 15.4. The van der Waals surface area contributed by atoms with Crippen LogP contribution in [0.15, 0.2) is 41.3 Å². The van der Waals surface area contributed by atoms with E-state index in [0.29, 0.717) is 18.6 Å². The SMILES string of the molecule is COc1ccc(S(=O)(=O)N(Cc2c(F)cccc2Cl)C2CC2)cc1NC(C)=O. The van der Waals surface area contributed by atoms with Crippen molar-refractivity contribution in [2.24, 2.45) is 0 Å². The molecular weight excluding hydrogens is 407 g/mol. The zero-order valence-corrected chi connectivity index (χ0v) is 17.0. The van der Waals surface area contributed by atoms with Crippen LogP contribution in [0.4, 0.5) is 10.1 Å². The van der Waals surface area contributed by atoms with Gasteiger partial charge in [0.1, 0.15) is 11.6 Å². The van der Waals surface area contributed by atoms with Crippen LogP contribution in [0.3, 0.4) is 0 Å².